The minimum Gasteiger partial charge on any atom is -0.508 e. The van der Waals surface area contributed by atoms with Crippen LogP contribution < -0.4 is 5.32 Å². The van der Waals surface area contributed by atoms with E-state index in [2.05, 4.69) is 12.2 Å². The topological polar surface area (TPSA) is 49.3 Å². The number of carbonyl (C=O) groups is 1. The van der Waals surface area contributed by atoms with Crippen LogP contribution >= 0.6 is 11.6 Å². The maximum Gasteiger partial charge on any atom is 0.253 e. The third kappa shape index (κ3) is 3.42. The molecule has 0 spiro atoms. The van der Waals surface area contributed by atoms with Crippen molar-refractivity contribution in [2.45, 2.75) is 32.7 Å². The second-order valence-corrected chi connectivity index (χ2v) is 4.23. The summed E-state index contributed by atoms with van der Waals surface area (Å²) in [4.78, 5) is 11.8. The molecule has 1 unspecified atom stereocenters. The molecule has 0 aliphatic rings. The molecule has 16 heavy (non-hydrogen) atoms. The van der Waals surface area contributed by atoms with Crippen molar-refractivity contribution in [3.05, 3.63) is 28.8 Å². The maximum absolute atomic E-state index is 11.8. The van der Waals surface area contributed by atoms with E-state index in [-0.39, 0.29) is 17.7 Å². The Bertz CT molecular complexity index is 379. The third-order valence-corrected chi connectivity index (χ3v) is 2.62. The summed E-state index contributed by atoms with van der Waals surface area (Å²) in [6, 6.07) is 4.44. The highest BCUT2D eigenvalue weighted by Crippen LogP contribution is 2.21. The number of aromatic hydroxyl groups is 1. The zero-order valence-electron chi connectivity index (χ0n) is 9.46. The zero-order chi connectivity index (χ0) is 12.1. The van der Waals surface area contributed by atoms with E-state index < -0.39 is 0 Å². The highest BCUT2D eigenvalue weighted by molar-refractivity contribution is 6.33. The van der Waals surface area contributed by atoms with Gasteiger partial charge in [-0.3, -0.25) is 4.79 Å². The normalized spacial score (nSPS) is 12.2. The van der Waals surface area contributed by atoms with Crippen LogP contribution in [0.1, 0.15) is 37.0 Å². The fraction of sp³-hybridized carbons (Fsp3) is 0.417. The molecule has 0 bridgehead atoms. The van der Waals surface area contributed by atoms with Crippen LogP contribution in [0.15, 0.2) is 18.2 Å². The van der Waals surface area contributed by atoms with Gasteiger partial charge in [-0.05, 0) is 31.5 Å². The molecule has 0 heterocycles. The molecule has 0 aliphatic carbocycles. The van der Waals surface area contributed by atoms with Crippen LogP contribution in [0.25, 0.3) is 0 Å². The first kappa shape index (κ1) is 12.8. The van der Waals surface area contributed by atoms with Crippen molar-refractivity contribution in [3.8, 4) is 5.75 Å². The SMILES string of the molecule is CCCC(C)NC(=O)c1cc(O)ccc1Cl. The monoisotopic (exact) mass is 241 g/mol. The van der Waals surface area contributed by atoms with E-state index in [0.29, 0.717) is 10.6 Å². The second-order valence-electron chi connectivity index (χ2n) is 3.83. The number of halogens is 1. The number of carbonyl (C=O) groups excluding carboxylic acids is 1. The molecular formula is C12H16ClNO2. The van der Waals surface area contributed by atoms with E-state index in [0.717, 1.165) is 12.8 Å². The minimum atomic E-state index is -0.248. The smallest absolute Gasteiger partial charge is 0.253 e. The predicted molar refractivity (Wildman–Crippen MR) is 65.0 cm³/mol. The van der Waals surface area contributed by atoms with Gasteiger partial charge >= 0.3 is 0 Å². The van der Waals surface area contributed by atoms with Crippen LogP contribution in [-0.2, 0) is 0 Å². The lowest BCUT2D eigenvalue weighted by molar-refractivity contribution is 0.0938. The Morgan fingerprint density at radius 3 is 2.88 bits per heavy atom. The van der Waals surface area contributed by atoms with Crippen molar-refractivity contribution < 1.29 is 9.90 Å². The number of phenolic OH excluding ortho intramolecular Hbond substituents is 1. The molecule has 1 rings (SSSR count). The Labute approximate surface area is 100 Å². The molecule has 1 atom stereocenters. The van der Waals surface area contributed by atoms with E-state index in [1.54, 1.807) is 0 Å². The highest BCUT2D eigenvalue weighted by atomic mass is 35.5. The summed E-state index contributed by atoms with van der Waals surface area (Å²) in [5.74, 6) is -0.209. The lowest BCUT2D eigenvalue weighted by atomic mass is 10.1. The summed E-state index contributed by atoms with van der Waals surface area (Å²) < 4.78 is 0. The molecule has 0 saturated heterocycles. The molecule has 0 radical (unpaired) electrons. The second kappa shape index (κ2) is 5.75. The van der Waals surface area contributed by atoms with E-state index in [4.69, 9.17) is 11.6 Å². The van der Waals surface area contributed by atoms with E-state index >= 15 is 0 Å². The van der Waals surface area contributed by atoms with Gasteiger partial charge in [0.25, 0.3) is 5.91 Å². The summed E-state index contributed by atoms with van der Waals surface area (Å²) in [5.41, 5.74) is 0.310. The van der Waals surface area contributed by atoms with Gasteiger partial charge in [0.05, 0.1) is 10.6 Å². The number of hydrogen-bond acceptors (Lipinski definition) is 2. The molecule has 1 aromatic carbocycles. The van der Waals surface area contributed by atoms with Gasteiger partial charge in [0.2, 0.25) is 0 Å². The number of phenols is 1. The molecule has 88 valence electrons. The largest absolute Gasteiger partial charge is 0.508 e. The van der Waals surface area contributed by atoms with E-state index in [9.17, 15) is 9.90 Å². The number of hydrogen-bond donors (Lipinski definition) is 2. The molecule has 4 heteroatoms. The minimum absolute atomic E-state index is 0.0395. The maximum atomic E-state index is 11.8. The number of benzene rings is 1. The Kier molecular flexibility index (Phi) is 4.62. The van der Waals surface area contributed by atoms with Crippen LogP contribution in [0, 0.1) is 0 Å². The van der Waals surface area contributed by atoms with Crippen LogP contribution in [0.4, 0.5) is 0 Å². The first-order valence-corrected chi connectivity index (χ1v) is 5.71. The van der Waals surface area contributed by atoms with E-state index in [1.807, 2.05) is 6.92 Å². The van der Waals surface area contributed by atoms with Crippen LogP contribution in [0.3, 0.4) is 0 Å². The quantitative estimate of drug-likeness (QED) is 0.852. The molecule has 0 fully saturated rings. The number of rotatable bonds is 4. The molecule has 3 nitrogen and oxygen atoms in total. The summed E-state index contributed by atoms with van der Waals surface area (Å²) in [6.45, 7) is 4.00. The molecule has 0 saturated carbocycles. The Hall–Kier alpha value is -1.22. The number of nitrogens with one attached hydrogen (secondary N) is 1. The average molecular weight is 242 g/mol. The first-order chi connectivity index (χ1) is 7.54. The fourth-order valence-corrected chi connectivity index (χ4v) is 1.70. The van der Waals surface area contributed by atoms with Crippen molar-refractivity contribution >= 4 is 17.5 Å². The van der Waals surface area contributed by atoms with Crippen molar-refractivity contribution in [1.29, 1.82) is 0 Å². The van der Waals surface area contributed by atoms with E-state index in [1.165, 1.54) is 18.2 Å². The lowest BCUT2D eigenvalue weighted by Gasteiger charge is -2.13. The van der Waals surface area contributed by atoms with Crippen molar-refractivity contribution in [2.75, 3.05) is 0 Å². The molecule has 2 N–H and O–H groups in total. The lowest BCUT2D eigenvalue weighted by Crippen LogP contribution is -2.32. The predicted octanol–water partition coefficient (Wildman–Crippen LogP) is 2.96. The molecular weight excluding hydrogens is 226 g/mol. The Morgan fingerprint density at radius 1 is 1.56 bits per heavy atom. The molecule has 0 aliphatic heterocycles. The molecule has 1 aromatic rings. The number of amides is 1. The summed E-state index contributed by atoms with van der Waals surface area (Å²) >= 11 is 5.88. The first-order valence-electron chi connectivity index (χ1n) is 5.34. The van der Waals surface area contributed by atoms with Crippen molar-refractivity contribution in [3.63, 3.8) is 0 Å². The van der Waals surface area contributed by atoms with Crippen molar-refractivity contribution in [1.82, 2.24) is 5.32 Å². The van der Waals surface area contributed by atoms with Gasteiger partial charge in [-0.1, -0.05) is 24.9 Å². The summed E-state index contributed by atoms with van der Waals surface area (Å²) in [6.07, 6.45) is 1.93. The van der Waals surface area contributed by atoms with Gasteiger partial charge < -0.3 is 10.4 Å². The summed E-state index contributed by atoms with van der Waals surface area (Å²) in [5, 5.41) is 12.5. The standard InChI is InChI=1S/C12H16ClNO2/c1-3-4-8(2)14-12(16)10-7-9(15)5-6-11(10)13/h5-8,15H,3-4H2,1-2H3,(H,14,16). The van der Waals surface area contributed by atoms with Gasteiger partial charge in [0, 0.05) is 6.04 Å². The molecule has 0 aromatic heterocycles. The van der Waals surface area contributed by atoms with Crippen LogP contribution in [0.2, 0.25) is 5.02 Å². The zero-order valence-corrected chi connectivity index (χ0v) is 10.2. The van der Waals surface area contributed by atoms with Gasteiger partial charge in [0.15, 0.2) is 0 Å². The van der Waals surface area contributed by atoms with Gasteiger partial charge in [0.1, 0.15) is 5.75 Å². The fourth-order valence-electron chi connectivity index (χ4n) is 1.49. The van der Waals surface area contributed by atoms with Crippen LogP contribution in [-0.4, -0.2) is 17.1 Å². The highest BCUT2D eigenvalue weighted by Gasteiger charge is 2.13. The van der Waals surface area contributed by atoms with Crippen molar-refractivity contribution in [2.24, 2.45) is 0 Å². The van der Waals surface area contributed by atoms with Gasteiger partial charge in [-0.2, -0.15) is 0 Å². The Balaban J connectivity index is 2.76. The van der Waals surface area contributed by atoms with Gasteiger partial charge in [-0.15, -0.1) is 0 Å². The van der Waals surface area contributed by atoms with Gasteiger partial charge in [-0.25, -0.2) is 0 Å². The summed E-state index contributed by atoms with van der Waals surface area (Å²) in [7, 11) is 0. The molecule has 1 amide bonds. The third-order valence-electron chi connectivity index (χ3n) is 2.29. The Morgan fingerprint density at radius 2 is 2.25 bits per heavy atom. The van der Waals surface area contributed by atoms with Crippen LogP contribution in [0.5, 0.6) is 5.75 Å². The average Bonchev–Trinajstić information content (AvgIpc) is 2.21.